The van der Waals surface area contributed by atoms with E-state index in [-0.39, 0.29) is 4.73 Å². The second-order valence-electron chi connectivity index (χ2n) is 1.86. The zero-order valence-corrected chi connectivity index (χ0v) is 5.31. The Balaban J connectivity index is 3.66. The lowest BCUT2D eigenvalue weighted by Crippen LogP contribution is -2.36. The SMILES string of the molecule is Cn1ccc(=O)n(O)c1=O. The van der Waals surface area contributed by atoms with E-state index >= 15 is 0 Å². The van der Waals surface area contributed by atoms with E-state index in [2.05, 4.69) is 0 Å². The van der Waals surface area contributed by atoms with Crippen LogP contribution in [0.2, 0.25) is 0 Å². The summed E-state index contributed by atoms with van der Waals surface area (Å²) in [5.41, 5.74) is -1.46. The summed E-state index contributed by atoms with van der Waals surface area (Å²) in [6, 6.07) is 1.10. The fraction of sp³-hybridized carbons (Fsp3) is 0.200. The Morgan fingerprint density at radius 2 is 2.10 bits per heavy atom. The lowest BCUT2D eigenvalue weighted by Gasteiger charge is -1.95. The Bertz CT molecular complexity index is 349. The van der Waals surface area contributed by atoms with E-state index in [4.69, 9.17) is 5.21 Å². The lowest BCUT2D eigenvalue weighted by molar-refractivity contribution is 0.156. The second-order valence-corrected chi connectivity index (χ2v) is 1.86. The Morgan fingerprint density at radius 1 is 1.50 bits per heavy atom. The second kappa shape index (κ2) is 2.02. The van der Waals surface area contributed by atoms with Gasteiger partial charge < -0.3 is 9.77 Å². The summed E-state index contributed by atoms with van der Waals surface area (Å²) in [6.07, 6.45) is 1.29. The van der Waals surface area contributed by atoms with Crippen molar-refractivity contribution in [3.05, 3.63) is 33.1 Å². The molecular formula is C5H6N2O3. The van der Waals surface area contributed by atoms with Crippen molar-refractivity contribution in [2.45, 2.75) is 0 Å². The van der Waals surface area contributed by atoms with E-state index in [0.717, 1.165) is 10.6 Å². The molecule has 0 radical (unpaired) electrons. The van der Waals surface area contributed by atoms with Crippen LogP contribution in [0.1, 0.15) is 0 Å². The molecule has 0 aliphatic heterocycles. The molecule has 54 valence electrons. The van der Waals surface area contributed by atoms with Crippen molar-refractivity contribution in [2.24, 2.45) is 7.05 Å². The van der Waals surface area contributed by atoms with Gasteiger partial charge in [-0.3, -0.25) is 4.79 Å². The molecule has 0 saturated heterocycles. The molecule has 0 atom stereocenters. The standard InChI is InChI=1S/C5H6N2O3/c1-6-3-2-4(8)7(10)5(6)9/h2-3,10H,1H3. The van der Waals surface area contributed by atoms with Crippen LogP contribution in [0.3, 0.4) is 0 Å². The molecule has 0 amide bonds. The Hall–Kier alpha value is -1.52. The van der Waals surface area contributed by atoms with E-state index in [1.165, 1.54) is 13.2 Å². The minimum Gasteiger partial charge on any atom is -0.421 e. The van der Waals surface area contributed by atoms with Crippen LogP contribution < -0.4 is 11.2 Å². The first kappa shape index (κ1) is 6.60. The molecule has 1 heterocycles. The molecule has 0 fully saturated rings. The van der Waals surface area contributed by atoms with E-state index in [1.54, 1.807) is 0 Å². The van der Waals surface area contributed by atoms with Crippen LogP contribution in [-0.2, 0) is 7.05 Å². The van der Waals surface area contributed by atoms with E-state index in [9.17, 15) is 9.59 Å². The van der Waals surface area contributed by atoms with Crippen LogP contribution in [-0.4, -0.2) is 14.5 Å². The van der Waals surface area contributed by atoms with Gasteiger partial charge in [-0.2, -0.15) is 0 Å². The van der Waals surface area contributed by atoms with Crippen molar-refractivity contribution < 1.29 is 5.21 Å². The maximum Gasteiger partial charge on any atom is 0.364 e. The number of rotatable bonds is 0. The summed E-state index contributed by atoms with van der Waals surface area (Å²) in [4.78, 5) is 21.2. The van der Waals surface area contributed by atoms with Gasteiger partial charge in [0.1, 0.15) is 0 Å². The molecule has 10 heavy (non-hydrogen) atoms. The molecule has 0 aliphatic rings. The topological polar surface area (TPSA) is 64.2 Å². The molecule has 0 spiro atoms. The van der Waals surface area contributed by atoms with Crippen LogP contribution in [0.5, 0.6) is 0 Å². The van der Waals surface area contributed by atoms with E-state index in [0.29, 0.717) is 0 Å². The first-order chi connectivity index (χ1) is 4.63. The van der Waals surface area contributed by atoms with Crippen LogP contribution >= 0.6 is 0 Å². The highest BCUT2D eigenvalue weighted by Crippen LogP contribution is 1.65. The number of aryl methyl sites for hydroxylation is 1. The van der Waals surface area contributed by atoms with Crippen LogP contribution in [0.15, 0.2) is 21.9 Å². The largest absolute Gasteiger partial charge is 0.421 e. The minimum absolute atomic E-state index is 0.0556. The third-order valence-electron chi connectivity index (χ3n) is 1.13. The van der Waals surface area contributed by atoms with Gasteiger partial charge in [0.15, 0.2) is 0 Å². The van der Waals surface area contributed by atoms with Gasteiger partial charge in [0.05, 0.1) is 0 Å². The van der Waals surface area contributed by atoms with Crippen molar-refractivity contribution in [1.29, 1.82) is 0 Å². The molecule has 0 saturated carbocycles. The molecule has 1 aromatic rings. The monoisotopic (exact) mass is 142 g/mol. The summed E-state index contributed by atoms with van der Waals surface area (Å²) in [6.45, 7) is 0. The first-order valence-electron chi connectivity index (χ1n) is 2.61. The zero-order valence-electron chi connectivity index (χ0n) is 5.31. The summed E-state index contributed by atoms with van der Waals surface area (Å²) in [5, 5.41) is 8.66. The van der Waals surface area contributed by atoms with Crippen LogP contribution in [0.25, 0.3) is 0 Å². The number of nitrogens with zero attached hydrogens (tertiary/aromatic N) is 2. The summed E-state index contributed by atoms with van der Waals surface area (Å²) in [7, 11) is 1.44. The molecular weight excluding hydrogens is 136 g/mol. The highest BCUT2D eigenvalue weighted by molar-refractivity contribution is 4.82. The number of hydrogen-bond acceptors (Lipinski definition) is 3. The van der Waals surface area contributed by atoms with Crippen LogP contribution in [0, 0.1) is 0 Å². The zero-order chi connectivity index (χ0) is 7.72. The van der Waals surface area contributed by atoms with Gasteiger partial charge in [0.25, 0.3) is 5.56 Å². The molecule has 1 N–H and O–H groups in total. The first-order valence-corrected chi connectivity index (χ1v) is 2.61. The van der Waals surface area contributed by atoms with Crippen molar-refractivity contribution >= 4 is 0 Å². The van der Waals surface area contributed by atoms with Gasteiger partial charge in [0.2, 0.25) is 0 Å². The van der Waals surface area contributed by atoms with Crippen LogP contribution in [0.4, 0.5) is 0 Å². The average Bonchev–Trinajstić information content (AvgIpc) is 1.93. The molecule has 1 rings (SSSR count). The predicted octanol–water partition coefficient (Wildman–Crippen LogP) is -1.22. The van der Waals surface area contributed by atoms with E-state index in [1.807, 2.05) is 0 Å². The Morgan fingerprint density at radius 3 is 2.60 bits per heavy atom. The molecule has 0 unspecified atom stereocenters. The predicted molar refractivity (Wildman–Crippen MR) is 33.1 cm³/mol. The van der Waals surface area contributed by atoms with Gasteiger partial charge in [-0.25, -0.2) is 4.79 Å². The Labute approximate surface area is 55.7 Å². The minimum atomic E-state index is -0.743. The highest BCUT2D eigenvalue weighted by Gasteiger charge is 1.96. The normalized spacial score (nSPS) is 9.70. The van der Waals surface area contributed by atoms with Gasteiger partial charge in [0, 0.05) is 19.3 Å². The fourth-order valence-corrected chi connectivity index (χ4v) is 0.554. The third-order valence-corrected chi connectivity index (χ3v) is 1.13. The summed E-state index contributed by atoms with van der Waals surface area (Å²) in [5.74, 6) is 0. The summed E-state index contributed by atoms with van der Waals surface area (Å²) >= 11 is 0. The molecule has 0 aromatic carbocycles. The van der Waals surface area contributed by atoms with Crippen molar-refractivity contribution in [3.63, 3.8) is 0 Å². The smallest absolute Gasteiger partial charge is 0.364 e. The number of hydrogen-bond donors (Lipinski definition) is 1. The van der Waals surface area contributed by atoms with Gasteiger partial charge >= 0.3 is 5.69 Å². The average molecular weight is 142 g/mol. The van der Waals surface area contributed by atoms with Crippen molar-refractivity contribution in [1.82, 2.24) is 9.30 Å². The van der Waals surface area contributed by atoms with Gasteiger partial charge in [-0.05, 0) is 0 Å². The van der Waals surface area contributed by atoms with Crippen molar-refractivity contribution in [3.8, 4) is 0 Å². The molecule has 0 aliphatic carbocycles. The van der Waals surface area contributed by atoms with Gasteiger partial charge in [-0.15, -0.1) is 0 Å². The fourth-order valence-electron chi connectivity index (χ4n) is 0.554. The lowest BCUT2D eigenvalue weighted by atomic mass is 10.6. The molecule has 5 nitrogen and oxygen atoms in total. The Kier molecular flexibility index (Phi) is 1.33. The van der Waals surface area contributed by atoms with Gasteiger partial charge in [-0.1, -0.05) is 4.73 Å². The maximum atomic E-state index is 10.7. The highest BCUT2D eigenvalue weighted by atomic mass is 16.5. The molecule has 1 aromatic heterocycles. The summed E-state index contributed by atoms with van der Waals surface area (Å²) < 4.78 is 1.15. The molecule has 0 bridgehead atoms. The maximum absolute atomic E-state index is 10.7. The van der Waals surface area contributed by atoms with E-state index < -0.39 is 11.2 Å². The van der Waals surface area contributed by atoms with Crippen molar-refractivity contribution in [2.75, 3.05) is 0 Å². The molecule has 5 heteroatoms. The number of aromatic nitrogens is 2. The quantitative estimate of drug-likeness (QED) is 0.462. The third kappa shape index (κ3) is 0.812.